The first kappa shape index (κ1) is 21.3. The Morgan fingerprint density at radius 3 is 2.75 bits per heavy atom. The summed E-state index contributed by atoms with van der Waals surface area (Å²) in [5, 5.41) is 7.20. The molecule has 0 saturated carbocycles. The van der Waals surface area contributed by atoms with Crippen LogP contribution in [0.4, 0.5) is 0 Å². The number of benzene rings is 1. The van der Waals surface area contributed by atoms with Crippen LogP contribution in [0, 0.1) is 11.8 Å². The van der Waals surface area contributed by atoms with Crippen molar-refractivity contribution in [1.82, 2.24) is 24.6 Å². The SMILES string of the molecule is CC1CCN(CC2CCCN(C(=O)c3csc(-c4cnn(-c5ccccc5)c4)n3)C2)CC1. The Labute approximate surface area is 193 Å². The number of hydrogen-bond donors (Lipinski definition) is 0. The first-order chi connectivity index (χ1) is 15.7. The fourth-order valence-corrected chi connectivity index (χ4v) is 5.60. The number of carbonyl (C=O) groups is 1. The molecular formula is C25H31N5OS. The van der Waals surface area contributed by atoms with Crippen LogP contribution in [0.3, 0.4) is 0 Å². The van der Waals surface area contributed by atoms with Gasteiger partial charge >= 0.3 is 0 Å². The summed E-state index contributed by atoms with van der Waals surface area (Å²) in [5.41, 5.74) is 2.51. The maximum atomic E-state index is 13.2. The van der Waals surface area contributed by atoms with Gasteiger partial charge in [0.1, 0.15) is 10.7 Å². The molecule has 32 heavy (non-hydrogen) atoms. The van der Waals surface area contributed by atoms with E-state index in [2.05, 4.69) is 21.9 Å². The monoisotopic (exact) mass is 449 g/mol. The predicted octanol–water partition coefficient (Wildman–Crippen LogP) is 4.58. The number of nitrogens with zero attached hydrogens (tertiary/aromatic N) is 5. The van der Waals surface area contributed by atoms with E-state index < -0.39 is 0 Å². The molecule has 2 aromatic heterocycles. The number of para-hydroxylation sites is 1. The molecule has 0 aliphatic carbocycles. The standard InChI is InChI=1S/C25H31N5OS/c1-19-9-12-28(13-10-19)15-20-6-5-11-29(16-20)25(31)23-18-32-24(27-23)21-14-26-30(17-21)22-7-3-2-4-8-22/h2-4,7-8,14,17-20H,5-6,9-13,15-16H2,1H3. The van der Waals surface area contributed by atoms with Crippen molar-refractivity contribution >= 4 is 17.2 Å². The molecule has 2 saturated heterocycles. The van der Waals surface area contributed by atoms with Gasteiger partial charge in [0.25, 0.3) is 5.91 Å². The quantitative estimate of drug-likeness (QED) is 0.572. The van der Waals surface area contributed by atoms with Gasteiger partial charge in [-0.1, -0.05) is 25.1 Å². The summed E-state index contributed by atoms with van der Waals surface area (Å²) in [5.74, 6) is 1.50. The number of amides is 1. The van der Waals surface area contributed by atoms with E-state index in [1.54, 1.807) is 0 Å². The number of piperidine rings is 2. The van der Waals surface area contributed by atoms with E-state index in [1.807, 2.05) is 57.7 Å². The third kappa shape index (κ3) is 4.79. The number of carbonyl (C=O) groups excluding carboxylic acids is 1. The maximum absolute atomic E-state index is 13.2. The Morgan fingerprint density at radius 1 is 1.12 bits per heavy atom. The minimum Gasteiger partial charge on any atom is -0.337 e. The number of aromatic nitrogens is 3. The zero-order valence-electron chi connectivity index (χ0n) is 18.7. The van der Waals surface area contributed by atoms with Crippen molar-refractivity contribution in [2.24, 2.45) is 11.8 Å². The molecule has 0 radical (unpaired) electrons. The smallest absolute Gasteiger partial charge is 0.273 e. The molecule has 2 aliphatic rings. The second-order valence-electron chi connectivity index (χ2n) is 9.29. The molecule has 168 valence electrons. The molecule has 2 fully saturated rings. The number of rotatable bonds is 5. The lowest BCUT2D eigenvalue weighted by Gasteiger charge is -2.37. The topological polar surface area (TPSA) is 54.3 Å². The van der Waals surface area contributed by atoms with Gasteiger partial charge in [-0.05, 0) is 62.7 Å². The average Bonchev–Trinajstić information content (AvgIpc) is 3.51. The largest absolute Gasteiger partial charge is 0.337 e. The molecular weight excluding hydrogens is 418 g/mol. The summed E-state index contributed by atoms with van der Waals surface area (Å²) >= 11 is 1.51. The first-order valence-corrected chi connectivity index (χ1v) is 12.6. The molecule has 0 spiro atoms. The summed E-state index contributed by atoms with van der Waals surface area (Å²) in [6.07, 6.45) is 8.70. The van der Waals surface area contributed by atoms with Crippen LogP contribution in [0.15, 0.2) is 48.1 Å². The van der Waals surface area contributed by atoms with Gasteiger partial charge in [-0.15, -0.1) is 11.3 Å². The molecule has 1 amide bonds. The minimum absolute atomic E-state index is 0.0694. The van der Waals surface area contributed by atoms with Gasteiger partial charge in [-0.3, -0.25) is 4.79 Å². The highest BCUT2D eigenvalue weighted by atomic mass is 32.1. The van der Waals surface area contributed by atoms with Gasteiger partial charge < -0.3 is 9.80 Å². The van der Waals surface area contributed by atoms with Crippen LogP contribution in [0.25, 0.3) is 16.3 Å². The fourth-order valence-electron chi connectivity index (χ4n) is 4.83. The number of thiazole rings is 1. The molecule has 5 rings (SSSR count). The summed E-state index contributed by atoms with van der Waals surface area (Å²) in [7, 11) is 0. The third-order valence-electron chi connectivity index (χ3n) is 6.77. The van der Waals surface area contributed by atoms with Crippen molar-refractivity contribution < 1.29 is 4.79 Å². The lowest BCUT2D eigenvalue weighted by molar-refractivity contribution is 0.0617. The third-order valence-corrected chi connectivity index (χ3v) is 7.66. The van der Waals surface area contributed by atoms with Crippen molar-refractivity contribution in [2.75, 3.05) is 32.7 Å². The van der Waals surface area contributed by atoms with Crippen LogP contribution in [0.1, 0.15) is 43.1 Å². The molecule has 2 aliphatic heterocycles. The summed E-state index contributed by atoms with van der Waals surface area (Å²) in [4.78, 5) is 22.5. The van der Waals surface area contributed by atoms with Crippen molar-refractivity contribution in [2.45, 2.75) is 32.6 Å². The maximum Gasteiger partial charge on any atom is 0.273 e. The molecule has 0 N–H and O–H groups in total. The van der Waals surface area contributed by atoms with Gasteiger partial charge in [-0.2, -0.15) is 5.10 Å². The zero-order chi connectivity index (χ0) is 21.9. The van der Waals surface area contributed by atoms with E-state index in [1.165, 1.54) is 43.7 Å². The minimum atomic E-state index is 0.0694. The molecule has 1 aromatic carbocycles. The van der Waals surface area contributed by atoms with Gasteiger partial charge in [-0.25, -0.2) is 9.67 Å². The lowest BCUT2D eigenvalue weighted by atomic mass is 9.94. The normalized spacial score (nSPS) is 20.5. The van der Waals surface area contributed by atoms with Gasteiger partial charge in [0.2, 0.25) is 0 Å². The van der Waals surface area contributed by atoms with Crippen LogP contribution in [-0.2, 0) is 0 Å². The number of hydrogen-bond acceptors (Lipinski definition) is 5. The van der Waals surface area contributed by atoms with Crippen molar-refractivity contribution in [3.05, 3.63) is 53.8 Å². The van der Waals surface area contributed by atoms with E-state index in [0.29, 0.717) is 11.6 Å². The highest BCUT2D eigenvalue weighted by Gasteiger charge is 2.28. The Kier molecular flexibility index (Phi) is 6.37. The lowest BCUT2D eigenvalue weighted by Crippen LogP contribution is -2.45. The van der Waals surface area contributed by atoms with Crippen molar-refractivity contribution in [1.29, 1.82) is 0 Å². The van der Waals surface area contributed by atoms with E-state index in [4.69, 9.17) is 0 Å². The second-order valence-corrected chi connectivity index (χ2v) is 10.1. The molecule has 1 unspecified atom stereocenters. The van der Waals surface area contributed by atoms with Crippen LogP contribution in [0.2, 0.25) is 0 Å². The van der Waals surface area contributed by atoms with Crippen LogP contribution < -0.4 is 0 Å². The Balaban J connectivity index is 1.22. The van der Waals surface area contributed by atoms with Crippen LogP contribution in [-0.4, -0.2) is 63.2 Å². The molecule has 3 aromatic rings. The molecule has 1 atom stereocenters. The predicted molar refractivity (Wildman–Crippen MR) is 128 cm³/mol. The van der Waals surface area contributed by atoms with Crippen LogP contribution >= 0.6 is 11.3 Å². The Morgan fingerprint density at radius 2 is 1.94 bits per heavy atom. The van der Waals surface area contributed by atoms with E-state index in [9.17, 15) is 4.79 Å². The second kappa shape index (κ2) is 9.55. The molecule has 0 bridgehead atoms. The van der Waals surface area contributed by atoms with Gasteiger partial charge in [0.15, 0.2) is 0 Å². The average molecular weight is 450 g/mol. The summed E-state index contributed by atoms with van der Waals surface area (Å²) in [6, 6.07) is 10.0. The Bertz CT molecular complexity index is 1040. The van der Waals surface area contributed by atoms with Crippen molar-refractivity contribution in [3.8, 4) is 16.3 Å². The molecule has 7 heteroatoms. The fraction of sp³-hybridized carbons (Fsp3) is 0.480. The first-order valence-electron chi connectivity index (χ1n) is 11.7. The highest BCUT2D eigenvalue weighted by molar-refractivity contribution is 7.13. The summed E-state index contributed by atoms with van der Waals surface area (Å²) < 4.78 is 1.84. The van der Waals surface area contributed by atoms with Crippen LogP contribution in [0.5, 0.6) is 0 Å². The van der Waals surface area contributed by atoms with E-state index >= 15 is 0 Å². The molecule has 6 nitrogen and oxygen atoms in total. The number of likely N-dealkylation sites (tertiary alicyclic amines) is 2. The van der Waals surface area contributed by atoms with E-state index in [-0.39, 0.29) is 5.91 Å². The zero-order valence-corrected chi connectivity index (χ0v) is 19.5. The highest BCUT2D eigenvalue weighted by Crippen LogP contribution is 2.27. The Hall–Kier alpha value is -2.51. The summed E-state index contributed by atoms with van der Waals surface area (Å²) in [6.45, 7) is 7.58. The van der Waals surface area contributed by atoms with Gasteiger partial charge in [0, 0.05) is 36.8 Å². The van der Waals surface area contributed by atoms with Crippen molar-refractivity contribution in [3.63, 3.8) is 0 Å². The molecule has 4 heterocycles. The van der Waals surface area contributed by atoms with E-state index in [0.717, 1.165) is 48.2 Å². The van der Waals surface area contributed by atoms with Gasteiger partial charge in [0.05, 0.1) is 11.9 Å².